The number of amides is 1. The Morgan fingerprint density at radius 2 is 2.21 bits per heavy atom. The number of fused-ring (bicyclic) bond motifs is 1. The first-order valence-corrected chi connectivity index (χ1v) is 10.1. The molecule has 0 aliphatic carbocycles. The molecular weight excluding hydrogens is 402 g/mol. The molecule has 3 aromatic rings. The van der Waals surface area contributed by atoms with Crippen LogP contribution in [0.4, 0.5) is 5.82 Å². The Morgan fingerprint density at radius 3 is 2.96 bits per heavy atom. The lowest BCUT2D eigenvalue weighted by Gasteiger charge is -2.09. The van der Waals surface area contributed by atoms with Crippen LogP contribution in [0, 0.1) is 0 Å². The van der Waals surface area contributed by atoms with Crippen LogP contribution in [0.15, 0.2) is 29.7 Å². The van der Waals surface area contributed by atoms with Gasteiger partial charge in [-0.25, -0.2) is 19.6 Å². The van der Waals surface area contributed by atoms with Gasteiger partial charge in [-0.1, -0.05) is 23.4 Å². The Kier molecular flexibility index (Phi) is 7.01. The average Bonchev–Trinajstić information content (AvgIpc) is 3.11. The monoisotopic (exact) mass is 421 g/mol. The van der Waals surface area contributed by atoms with Gasteiger partial charge in [-0.2, -0.15) is 5.10 Å². The third-order valence-electron chi connectivity index (χ3n) is 3.87. The van der Waals surface area contributed by atoms with Gasteiger partial charge in [0.05, 0.1) is 30.3 Å². The van der Waals surface area contributed by atoms with E-state index in [2.05, 4.69) is 30.7 Å². The summed E-state index contributed by atoms with van der Waals surface area (Å²) in [5.41, 5.74) is 1.04. The van der Waals surface area contributed by atoms with Gasteiger partial charge in [0, 0.05) is 26.4 Å². The predicted molar refractivity (Wildman–Crippen MR) is 109 cm³/mol. The van der Waals surface area contributed by atoms with Crippen molar-refractivity contribution >= 4 is 46.1 Å². The number of carbonyl (C=O) groups excluding carboxylic acids is 1. The number of aromatic nitrogens is 5. The van der Waals surface area contributed by atoms with Crippen LogP contribution in [0.5, 0.6) is 0 Å². The second kappa shape index (κ2) is 9.67. The number of pyridine rings is 1. The first-order chi connectivity index (χ1) is 13.6. The van der Waals surface area contributed by atoms with Gasteiger partial charge >= 0.3 is 0 Å². The normalized spacial score (nSPS) is 11.0. The van der Waals surface area contributed by atoms with E-state index in [-0.39, 0.29) is 11.1 Å². The lowest BCUT2D eigenvalue weighted by atomic mass is 10.2. The van der Waals surface area contributed by atoms with Gasteiger partial charge in [-0.05, 0) is 18.4 Å². The van der Waals surface area contributed by atoms with E-state index in [4.69, 9.17) is 16.3 Å². The Labute approximate surface area is 171 Å². The predicted octanol–water partition coefficient (Wildman–Crippen LogP) is 2.08. The number of hydrogen-bond acceptors (Lipinski definition) is 8. The van der Waals surface area contributed by atoms with E-state index < -0.39 is 0 Å². The first-order valence-electron chi connectivity index (χ1n) is 8.53. The first kappa shape index (κ1) is 20.3. The summed E-state index contributed by atoms with van der Waals surface area (Å²) in [6.07, 6.45) is 5.17. The highest BCUT2D eigenvalue weighted by atomic mass is 35.5. The van der Waals surface area contributed by atoms with Gasteiger partial charge in [0.2, 0.25) is 0 Å². The molecule has 0 aliphatic rings. The van der Waals surface area contributed by atoms with E-state index in [1.165, 1.54) is 18.0 Å². The second-order valence-electron chi connectivity index (χ2n) is 5.68. The maximum Gasteiger partial charge on any atom is 0.254 e. The molecule has 11 heteroatoms. The molecule has 0 atom stereocenters. The molecule has 9 nitrogen and oxygen atoms in total. The molecule has 148 valence electrons. The molecule has 0 unspecified atom stereocenters. The minimum absolute atomic E-state index is 0.175. The number of halogens is 1. The number of anilines is 1. The smallest absolute Gasteiger partial charge is 0.254 e. The SMILES string of the molecule is COCCNc1nc(SC)nc2c1cnn2CCNC(=O)c1cccnc1Cl. The Hall–Kier alpha value is -2.43. The number of thioether (sulfide) groups is 1. The number of nitrogens with zero attached hydrogens (tertiary/aromatic N) is 5. The molecule has 3 aromatic heterocycles. The van der Waals surface area contributed by atoms with Crippen LogP contribution in [0.25, 0.3) is 11.0 Å². The molecule has 0 fully saturated rings. The van der Waals surface area contributed by atoms with Gasteiger partial charge in [-0.15, -0.1) is 0 Å². The van der Waals surface area contributed by atoms with E-state index in [1.54, 1.807) is 30.1 Å². The summed E-state index contributed by atoms with van der Waals surface area (Å²) in [7, 11) is 1.65. The number of methoxy groups -OCH3 is 1. The highest BCUT2D eigenvalue weighted by Crippen LogP contribution is 2.23. The number of carbonyl (C=O) groups is 1. The van der Waals surface area contributed by atoms with Crippen molar-refractivity contribution in [1.82, 2.24) is 30.0 Å². The third kappa shape index (κ3) is 4.70. The van der Waals surface area contributed by atoms with Crippen molar-refractivity contribution in [2.45, 2.75) is 11.7 Å². The summed E-state index contributed by atoms with van der Waals surface area (Å²) in [6.45, 7) is 2.02. The largest absolute Gasteiger partial charge is 0.383 e. The van der Waals surface area contributed by atoms with Crippen molar-refractivity contribution in [2.75, 3.05) is 38.4 Å². The number of ether oxygens (including phenoxy) is 1. The van der Waals surface area contributed by atoms with Crippen molar-refractivity contribution < 1.29 is 9.53 Å². The number of rotatable bonds is 9. The fourth-order valence-corrected chi connectivity index (χ4v) is 3.09. The van der Waals surface area contributed by atoms with Crippen molar-refractivity contribution in [1.29, 1.82) is 0 Å². The Morgan fingerprint density at radius 1 is 1.36 bits per heavy atom. The fraction of sp³-hybridized carbons (Fsp3) is 0.353. The molecular formula is C17H20ClN7O2S. The van der Waals surface area contributed by atoms with Crippen molar-refractivity contribution in [2.24, 2.45) is 0 Å². The van der Waals surface area contributed by atoms with Gasteiger partial charge in [0.25, 0.3) is 5.91 Å². The molecule has 3 rings (SSSR count). The molecule has 0 radical (unpaired) electrons. The van der Waals surface area contributed by atoms with Crippen molar-refractivity contribution in [3.05, 3.63) is 35.2 Å². The summed E-state index contributed by atoms with van der Waals surface area (Å²) in [5, 5.41) is 12.1. The average molecular weight is 422 g/mol. The standard InChI is InChI=1S/C17H20ClN7O2S/c1-27-9-7-20-14-12-10-22-25(15(12)24-17(23-14)28-2)8-6-21-16(26)11-4-3-5-19-13(11)18/h3-5,10H,6-9H2,1-2H3,(H,21,26)(H,20,23,24). The Balaban J connectivity index is 1.72. The van der Waals surface area contributed by atoms with Crippen molar-refractivity contribution in [3.8, 4) is 0 Å². The lowest BCUT2D eigenvalue weighted by Crippen LogP contribution is -2.28. The number of nitrogens with one attached hydrogen (secondary N) is 2. The number of hydrogen-bond donors (Lipinski definition) is 2. The molecule has 0 aliphatic heterocycles. The minimum atomic E-state index is -0.282. The topological polar surface area (TPSA) is 107 Å². The minimum Gasteiger partial charge on any atom is -0.383 e. The van der Waals surface area contributed by atoms with E-state index in [9.17, 15) is 4.79 Å². The van der Waals surface area contributed by atoms with Gasteiger partial charge in [0.1, 0.15) is 11.0 Å². The van der Waals surface area contributed by atoms with Crippen LogP contribution in [0.2, 0.25) is 5.15 Å². The van der Waals surface area contributed by atoms with Gasteiger partial charge in [-0.3, -0.25) is 4.79 Å². The van der Waals surface area contributed by atoms with E-state index in [1.807, 2.05) is 6.26 Å². The molecule has 1 amide bonds. The summed E-state index contributed by atoms with van der Waals surface area (Å²) in [6, 6.07) is 3.30. The van der Waals surface area contributed by atoms with Gasteiger partial charge < -0.3 is 15.4 Å². The fourth-order valence-electron chi connectivity index (χ4n) is 2.52. The third-order valence-corrected chi connectivity index (χ3v) is 4.72. The van der Waals surface area contributed by atoms with E-state index in [0.29, 0.717) is 48.4 Å². The molecule has 0 saturated carbocycles. The van der Waals surface area contributed by atoms with E-state index in [0.717, 1.165) is 5.39 Å². The molecule has 0 saturated heterocycles. The van der Waals surface area contributed by atoms with Crippen LogP contribution >= 0.6 is 23.4 Å². The molecule has 0 bridgehead atoms. The van der Waals surface area contributed by atoms with Crippen LogP contribution < -0.4 is 10.6 Å². The van der Waals surface area contributed by atoms with Gasteiger partial charge in [0.15, 0.2) is 10.8 Å². The van der Waals surface area contributed by atoms with E-state index >= 15 is 0 Å². The highest BCUT2D eigenvalue weighted by molar-refractivity contribution is 7.98. The molecule has 28 heavy (non-hydrogen) atoms. The quantitative estimate of drug-likeness (QED) is 0.234. The second-order valence-corrected chi connectivity index (χ2v) is 6.81. The van der Waals surface area contributed by atoms with Crippen LogP contribution in [-0.4, -0.2) is 63.7 Å². The maximum absolute atomic E-state index is 12.2. The highest BCUT2D eigenvalue weighted by Gasteiger charge is 2.14. The molecule has 3 heterocycles. The Bertz CT molecular complexity index is 966. The van der Waals surface area contributed by atoms with Crippen LogP contribution in [0.3, 0.4) is 0 Å². The zero-order valence-corrected chi connectivity index (χ0v) is 17.0. The molecule has 0 aromatic carbocycles. The maximum atomic E-state index is 12.2. The zero-order chi connectivity index (χ0) is 19.9. The van der Waals surface area contributed by atoms with Crippen LogP contribution in [0.1, 0.15) is 10.4 Å². The lowest BCUT2D eigenvalue weighted by molar-refractivity contribution is 0.0952. The summed E-state index contributed by atoms with van der Waals surface area (Å²) in [5.74, 6) is 0.430. The molecule has 0 spiro atoms. The van der Waals surface area contributed by atoms with Crippen LogP contribution in [-0.2, 0) is 11.3 Å². The summed E-state index contributed by atoms with van der Waals surface area (Å²) in [4.78, 5) is 25.2. The zero-order valence-electron chi connectivity index (χ0n) is 15.5. The molecule has 2 N–H and O–H groups in total. The summed E-state index contributed by atoms with van der Waals surface area (Å²) < 4.78 is 6.81. The summed E-state index contributed by atoms with van der Waals surface area (Å²) >= 11 is 7.40. The van der Waals surface area contributed by atoms with Crippen molar-refractivity contribution in [3.63, 3.8) is 0 Å².